The topological polar surface area (TPSA) is 15.3 Å². The maximum Gasteiger partial charge on any atom is 0.00729 e. The third kappa shape index (κ3) is 4.12. The van der Waals surface area contributed by atoms with Crippen LogP contribution in [-0.2, 0) is 0 Å². The molecule has 1 heterocycles. The predicted octanol–water partition coefficient (Wildman–Crippen LogP) is 2.98. The molecular formula is C16H30N2S. The zero-order chi connectivity index (χ0) is 13.1. The maximum absolute atomic E-state index is 3.84. The first-order valence-corrected chi connectivity index (χ1v) is 9.45. The highest BCUT2D eigenvalue weighted by Gasteiger charge is 2.37. The Hall–Kier alpha value is 0.270. The molecule has 2 saturated carbocycles. The van der Waals surface area contributed by atoms with Gasteiger partial charge in [0.25, 0.3) is 0 Å². The summed E-state index contributed by atoms with van der Waals surface area (Å²) < 4.78 is 0. The summed E-state index contributed by atoms with van der Waals surface area (Å²) in [4.78, 5) is 2.75. The van der Waals surface area contributed by atoms with Gasteiger partial charge in [-0.1, -0.05) is 19.8 Å². The molecule has 1 N–H and O–H groups in total. The predicted molar refractivity (Wildman–Crippen MR) is 84.9 cm³/mol. The van der Waals surface area contributed by atoms with E-state index in [0.29, 0.717) is 5.41 Å². The van der Waals surface area contributed by atoms with E-state index in [1.54, 1.807) is 0 Å². The lowest BCUT2D eigenvalue weighted by atomic mass is 9.70. The van der Waals surface area contributed by atoms with E-state index < -0.39 is 0 Å². The van der Waals surface area contributed by atoms with Gasteiger partial charge in [-0.15, -0.1) is 0 Å². The van der Waals surface area contributed by atoms with E-state index in [1.165, 1.54) is 76.2 Å². The fraction of sp³-hybridized carbons (Fsp3) is 1.00. The van der Waals surface area contributed by atoms with Crippen LogP contribution >= 0.6 is 11.8 Å². The molecule has 0 aromatic carbocycles. The van der Waals surface area contributed by atoms with Crippen LogP contribution in [0.15, 0.2) is 0 Å². The molecule has 0 radical (unpaired) electrons. The molecule has 19 heavy (non-hydrogen) atoms. The van der Waals surface area contributed by atoms with Gasteiger partial charge in [0.05, 0.1) is 0 Å². The number of hydrogen-bond donors (Lipinski definition) is 1. The van der Waals surface area contributed by atoms with Crippen molar-refractivity contribution < 1.29 is 0 Å². The average Bonchev–Trinajstić information content (AvgIpc) is 3.25. The van der Waals surface area contributed by atoms with Gasteiger partial charge < -0.3 is 10.2 Å². The van der Waals surface area contributed by atoms with Gasteiger partial charge in [-0.2, -0.15) is 11.8 Å². The second-order valence-electron chi connectivity index (χ2n) is 7.23. The molecule has 1 saturated heterocycles. The van der Waals surface area contributed by atoms with Gasteiger partial charge in [0, 0.05) is 43.7 Å². The van der Waals surface area contributed by atoms with Gasteiger partial charge in [0.15, 0.2) is 0 Å². The van der Waals surface area contributed by atoms with Gasteiger partial charge in [0.1, 0.15) is 0 Å². The minimum atomic E-state index is 0.594. The molecule has 0 amide bonds. The molecule has 2 aliphatic carbocycles. The van der Waals surface area contributed by atoms with Crippen LogP contribution in [0.1, 0.15) is 45.4 Å². The lowest BCUT2D eigenvalue weighted by Gasteiger charge is -2.44. The van der Waals surface area contributed by atoms with E-state index in [-0.39, 0.29) is 0 Å². The van der Waals surface area contributed by atoms with E-state index >= 15 is 0 Å². The summed E-state index contributed by atoms with van der Waals surface area (Å²) >= 11 is 2.13. The molecule has 3 aliphatic rings. The summed E-state index contributed by atoms with van der Waals surface area (Å²) in [6.07, 6.45) is 8.67. The minimum absolute atomic E-state index is 0.594. The van der Waals surface area contributed by atoms with Crippen molar-refractivity contribution in [1.29, 1.82) is 0 Å². The molecule has 0 aromatic rings. The molecule has 0 spiro atoms. The molecule has 3 fully saturated rings. The maximum atomic E-state index is 3.84. The van der Waals surface area contributed by atoms with Gasteiger partial charge >= 0.3 is 0 Å². The van der Waals surface area contributed by atoms with Crippen LogP contribution in [0.25, 0.3) is 0 Å². The first-order valence-electron chi connectivity index (χ1n) is 8.29. The largest absolute Gasteiger partial charge is 0.313 e. The first kappa shape index (κ1) is 14.2. The molecule has 0 atom stereocenters. The molecule has 0 unspecified atom stereocenters. The Morgan fingerprint density at radius 2 is 1.79 bits per heavy atom. The molecule has 2 nitrogen and oxygen atoms in total. The van der Waals surface area contributed by atoms with E-state index in [9.17, 15) is 0 Å². The summed E-state index contributed by atoms with van der Waals surface area (Å²) in [5, 5.41) is 3.84. The minimum Gasteiger partial charge on any atom is -0.313 e. The van der Waals surface area contributed by atoms with Crippen LogP contribution in [-0.4, -0.2) is 48.6 Å². The molecule has 3 heteroatoms. The lowest BCUT2D eigenvalue weighted by molar-refractivity contribution is 0.0909. The Morgan fingerprint density at radius 3 is 2.42 bits per heavy atom. The monoisotopic (exact) mass is 282 g/mol. The van der Waals surface area contributed by atoms with Crippen LogP contribution in [0.3, 0.4) is 0 Å². The molecule has 0 bridgehead atoms. The van der Waals surface area contributed by atoms with Crippen molar-refractivity contribution in [2.24, 2.45) is 11.3 Å². The van der Waals surface area contributed by atoms with Crippen LogP contribution in [0.5, 0.6) is 0 Å². The molecule has 3 rings (SSSR count). The summed E-state index contributed by atoms with van der Waals surface area (Å²) in [5.74, 6) is 3.66. The zero-order valence-corrected chi connectivity index (χ0v) is 13.3. The summed E-state index contributed by atoms with van der Waals surface area (Å²) in [7, 11) is 0. The smallest absolute Gasteiger partial charge is 0.00729 e. The first-order chi connectivity index (χ1) is 9.26. The fourth-order valence-corrected chi connectivity index (χ4v) is 4.63. The van der Waals surface area contributed by atoms with Gasteiger partial charge in [-0.05, 0) is 37.0 Å². The van der Waals surface area contributed by atoms with Crippen LogP contribution in [0.2, 0.25) is 0 Å². The van der Waals surface area contributed by atoms with Crippen molar-refractivity contribution in [3.63, 3.8) is 0 Å². The number of nitrogens with one attached hydrogen (secondary N) is 1. The van der Waals surface area contributed by atoms with Crippen molar-refractivity contribution in [2.45, 2.75) is 51.5 Å². The molecule has 110 valence electrons. The number of hydrogen-bond acceptors (Lipinski definition) is 3. The Labute approximate surface area is 123 Å². The standard InChI is InChI=1S/C16H30N2S/c1-14-4-6-16(7-5-14,12-17-15-2-3-15)13-18-8-10-19-11-9-18/h14-15,17H,2-13H2,1H3. The number of nitrogens with zero attached hydrogens (tertiary/aromatic N) is 1. The molecule has 0 aromatic heterocycles. The SMILES string of the molecule is CC1CCC(CNC2CC2)(CN2CCSCC2)CC1. The quantitative estimate of drug-likeness (QED) is 0.834. The summed E-state index contributed by atoms with van der Waals surface area (Å²) in [6, 6.07) is 0.869. The third-order valence-corrected chi connectivity index (χ3v) is 6.28. The number of rotatable bonds is 5. The average molecular weight is 282 g/mol. The van der Waals surface area contributed by atoms with E-state index in [0.717, 1.165) is 12.0 Å². The Balaban J connectivity index is 1.57. The van der Waals surface area contributed by atoms with Crippen LogP contribution in [0.4, 0.5) is 0 Å². The molecular weight excluding hydrogens is 252 g/mol. The van der Waals surface area contributed by atoms with Crippen LogP contribution in [0, 0.1) is 11.3 Å². The second-order valence-corrected chi connectivity index (χ2v) is 8.45. The third-order valence-electron chi connectivity index (χ3n) is 5.34. The van der Waals surface area contributed by atoms with Crippen molar-refractivity contribution in [3.8, 4) is 0 Å². The van der Waals surface area contributed by atoms with Crippen molar-refractivity contribution in [3.05, 3.63) is 0 Å². The van der Waals surface area contributed by atoms with Crippen molar-refractivity contribution in [1.82, 2.24) is 10.2 Å². The van der Waals surface area contributed by atoms with Gasteiger partial charge in [-0.25, -0.2) is 0 Å². The van der Waals surface area contributed by atoms with Gasteiger partial charge in [0.2, 0.25) is 0 Å². The van der Waals surface area contributed by atoms with Crippen LogP contribution < -0.4 is 5.32 Å². The Bertz CT molecular complexity index is 276. The summed E-state index contributed by atoms with van der Waals surface area (Å²) in [6.45, 7) is 7.74. The van der Waals surface area contributed by atoms with Crippen molar-refractivity contribution in [2.75, 3.05) is 37.7 Å². The van der Waals surface area contributed by atoms with E-state index in [2.05, 4.69) is 28.9 Å². The van der Waals surface area contributed by atoms with Crippen molar-refractivity contribution >= 4 is 11.8 Å². The lowest BCUT2D eigenvalue weighted by Crippen LogP contribution is -2.48. The van der Waals surface area contributed by atoms with E-state index in [4.69, 9.17) is 0 Å². The molecule has 1 aliphatic heterocycles. The Morgan fingerprint density at radius 1 is 1.11 bits per heavy atom. The fourth-order valence-electron chi connectivity index (χ4n) is 3.65. The number of thioether (sulfide) groups is 1. The van der Waals surface area contributed by atoms with Gasteiger partial charge in [-0.3, -0.25) is 0 Å². The Kier molecular flexibility index (Phi) is 4.76. The summed E-state index contributed by atoms with van der Waals surface area (Å²) in [5.41, 5.74) is 0.594. The van der Waals surface area contributed by atoms with E-state index in [1.807, 2.05) is 0 Å². The normalized spacial score (nSPS) is 37.4. The highest BCUT2D eigenvalue weighted by molar-refractivity contribution is 7.99. The highest BCUT2D eigenvalue weighted by Crippen LogP contribution is 2.40. The zero-order valence-electron chi connectivity index (χ0n) is 12.5. The second kappa shape index (κ2) is 6.36. The highest BCUT2D eigenvalue weighted by atomic mass is 32.2.